The van der Waals surface area contributed by atoms with E-state index in [0.29, 0.717) is 11.3 Å². The number of benzene rings is 1. The second-order valence-corrected chi connectivity index (χ2v) is 3.10. The molecule has 0 amide bonds. The first-order chi connectivity index (χ1) is 7.40. The van der Waals surface area contributed by atoms with Gasteiger partial charge in [-0.2, -0.15) is 4.99 Å². The van der Waals surface area contributed by atoms with Crippen molar-refractivity contribution in [3.05, 3.63) is 23.5 Å². The first-order valence-corrected chi connectivity index (χ1v) is 4.33. The molecule has 0 spiro atoms. The molecule has 0 heterocycles. The van der Waals surface area contributed by atoms with Crippen molar-refractivity contribution in [3.63, 3.8) is 0 Å². The lowest BCUT2D eigenvalue weighted by molar-refractivity contribution is 0.432. The topological polar surface area (TPSA) is 123 Å². The van der Waals surface area contributed by atoms with E-state index in [1.807, 2.05) is 0 Å². The van der Waals surface area contributed by atoms with Crippen LogP contribution in [0.5, 0.6) is 5.75 Å². The van der Waals surface area contributed by atoms with Crippen LogP contribution < -0.4 is 17.2 Å². The van der Waals surface area contributed by atoms with Crippen LogP contribution in [-0.2, 0) is 0 Å². The third-order valence-corrected chi connectivity index (χ3v) is 1.74. The van der Waals surface area contributed by atoms with Crippen molar-refractivity contribution < 1.29 is 9.50 Å². The fourth-order valence-electron chi connectivity index (χ4n) is 1.05. The summed E-state index contributed by atoms with van der Waals surface area (Å²) in [6.07, 6.45) is 0. The molecule has 86 valence electrons. The van der Waals surface area contributed by atoms with E-state index in [0.717, 1.165) is 12.1 Å². The lowest BCUT2D eigenvalue weighted by atomic mass is 10.2. The Kier molecular flexibility index (Phi) is 3.29. The van der Waals surface area contributed by atoms with Crippen LogP contribution in [0.15, 0.2) is 22.1 Å². The monoisotopic (exact) mass is 225 g/mol. The van der Waals surface area contributed by atoms with E-state index in [1.165, 1.54) is 0 Å². The van der Waals surface area contributed by atoms with Gasteiger partial charge in [-0.3, -0.25) is 0 Å². The number of nitrogens with two attached hydrogens (primary N) is 3. The molecule has 16 heavy (non-hydrogen) atoms. The lowest BCUT2D eigenvalue weighted by Crippen LogP contribution is -2.26. The van der Waals surface area contributed by atoms with E-state index in [9.17, 15) is 4.39 Å². The van der Waals surface area contributed by atoms with Crippen molar-refractivity contribution in [1.82, 2.24) is 0 Å². The number of phenols is 1. The van der Waals surface area contributed by atoms with Gasteiger partial charge in [-0.15, -0.1) is 0 Å². The maximum atomic E-state index is 12.9. The standard InChI is InChI=1S/C9H12FN5O/c1-4-2-5(10)7(16)3-6(4)14-9(13)15-8(11)12/h2-3,16H,1H3,(H6,11,12,13,14,15). The molecule has 7 N–H and O–H groups in total. The summed E-state index contributed by atoms with van der Waals surface area (Å²) < 4.78 is 12.9. The maximum absolute atomic E-state index is 12.9. The van der Waals surface area contributed by atoms with Crippen molar-refractivity contribution in [3.8, 4) is 5.75 Å². The minimum atomic E-state index is -0.725. The van der Waals surface area contributed by atoms with Crippen molar-refractivity contribution in [1.29, 1.82) is 0 Å². The van der Waals surface area contributed by atoms with Crippen LogP contribution >= 0.6 is 0 Å². The van der Waals surface area contributed by atoms with Gasteiger partial charge < -0.3 is 22.3 Å². The Hall–Kier alpha value is -2.31. The van der Waals surface area contributed by atoms with Gasteiger partial charge in [-0.25, -0.2) is 9.38 Å². The van der Waals surface area contributed by atoms with Crippen LogP contribution in [0.1, 0.15) is 5.56 Å². The molecule has 0 bridgehead atoms. The van der Waals surface area contributed by atoms with Gasteiger partial charge in [0.1, 0.15) is 0 Å². The quantitative estimate of drug-likeness (QED) is 0.398. The summed E-state index contributed by atoms with van der Waals surface area (Å²) in [5, 5.41) is 9.15. The van der Waals surface area contributed by atoms with Gasteiger partial charge in [-0.05, 0) is 18.6 Å². The molecule has 0 aliphatic heterocycles. The first-order valence-electron chi connectivity index (χ1n) is 4.33. The molecule has 0 fully saturated rings. The zero-order chi connectivity index (χ0) is 12.3. The molecule has 0 atom stereocenters. The summed E-state index contributed by atoms with van der Waals surface area (Å²) in [5.74, 6) is -1.64. The van der Waals surface area contributed by atoms with Crippen LogP contribution in [0.2, 0.25) is 0 Å². The number of rotatable bonds is 1. The van der Waals surface area contributed by atoms with Crippen molar-refractivity contribution in [2.45, 2.75) is 6.92 Å². The van der Waals surface area contributed by atoms with Gasteiger partial charge in [0.15, 0.2) is 17.5 Å². The normalized spacial score (nSPS) is 11.2. The highest BCUT2D eigenvalue weighted by molar-refractivity contribution is 5.93. The largest absolute Gasteiger partial charge is 0.505 e. The van der Waals surface area contributed by atoms with Crippen LogP contribution in [0.25, 0.3) is 0 Å². The molecule has 0 saturated heterocycles. The minimum Gasteiger partial charge on any atom is -0.505 e. The molecule has 0 aliphatic carbocycles. The van der Waals surface area contributed by atoms with E-state index in [2.05, 4.69) is 9.98 Å². The molecule has 1 rings (SSSR count). The molecule has 0 radical (unpaired) electrons. The number of aromatic hydroxyl groups is 1. The Bertz CT molecular complexity index is 465. The Morgan fingerprint density at radius 1 is 1.31 bits per heavy atom. The van der Waals surface area contributed by atoms with Crippen LogP contribution in [-0.4, -0.2) is 17.0 Å². The first kappa shape index (κ1) is 11.8. The zero-order valence-corrected chi connectivity index (χ0v) is 8.61. The molecule has 1 aromatic rings. The van der Waals surface area contributed by atoms with Gasteiger partial charge in [0.05, 0.1) is 5.69 Å². The van der Waals surface area contributed by atoms with Crippen molar-refractivity contribution >= 4 is 17.6 Å². The molecule has 7 heteroatoms. The molecule has 0 unspecified atom stereocenters. The Morgan fingerprint density at radius 2 is 1.94 bits per heavy atom. The van der Waals surface area contributed by atoms with Crippen LogP contribution in [0, 0.1) is 12.7 Å². The Labute approximate surface area is 91.3 Å². The van der Waals surface area contributed by atoms with Crippen LogP contribution in [0.3, 0.4) is 0 Å². The number of aryl methyl sites for hydroxylation is 1. The average molecular weight is 225 g/mol. The molecule has 6 nitrogen and oxygen atoms in total. The smallest absolute Gasteiger partial charge is 0.223 e. The Morgan fingerprint density at radius 3 is 2.50 bits per heavy atom. The van der Waals surface area contributed by atoms with E-state index >= 15 is 0 Å². The van der Waals surface area contributed by atoms with Gasteiger partial charge in [0.2, 0.25) is 5.96 Å². The summed E-state index contributed by atoms with van der Waals surface area (Å²) in [5.41, 5.74) is 16.4. The fraction of sp³-hybridized carbons (Fsp3) is 0.111. The number of halogens is 1. The van der Waals surface area contributed by atoms with Crippen molar-refractivity contribution in [2.75, 3.05) is 0 Å². The highest BCUT2D eigenvalue weighted by atomic mass is 19.1. The fourth-order valence-corrected chi connectivity index (χ4v) is 1.05. The molecule has 0 saturated carbocycles. The second kappa shape index (κ2) is 4.47. The summed E-state index contributed by atoms with van der Waals surface area (Å²) in [6.45, 7) is 1.62. The molecule has 1 aromatic carbocycles. The predicted molar refractivity (Wildman–Crippen MR) is 59.9 cm³/mol. The SMILES string of the molecule is Cc1cc(F)c(O)cc1N=C(N)N=C(N)N. The third-order valence-electron chi connectivity index (χ3n) is 1.74. The van der Waals surface area contributed by atoms with Crippen LogP contribution in [0.4, 0.5) is 10.1 Å². The summed E-state index contributed by atoms with van der Waals surface area (Å²) >= 11 is 0. The van der Waals surface area contributed by atoms with Gasteiger partial charge >= 0.3 is 0 Å². The van der Waals surface area contributed by atoms with Gasteiger partial charge in [0, 0.05) is 6.07 Å². The molecular formula is C9H12FN5O. The van der Waals surface area contributed by atoms with E-state index in [1.54, 1.807) is 6.92 Å². The number of guanidine groups is 2. The number of phenolic OH excluding ortho intramolecular Hbond substituents is 1. The highest BCUT2D eigenvalue weighted by Crippen LogP contribution is 2.26. The second-order valence-electron chi connectivity index (χ2n) is 3.10. The minimum absolute atomic E-state index is 0.172. The van der Waals surface area contributed by atoms with E-state index < -0.39 is 11.6 Å². The highest BCUT2D eigenvalue weighted by Gasteiger charge is 2.05. The Balaban J connectivity index is 3.15. The predicted octanol–water partition coefficient (Wildman–Crippen LogP) is 0.0593. The van der Waals surface area contributed by atoms with E-state index in [-0.39, 0.29) is 11.9 Å². The van der Waals surface area contributed by atoms with E-state index in [4.69, 9.17) is 22.3 Å². The lowest BCUT2D eigenvalue weighted by Gasteiger charge is -2.02. The summed E-state index contributed by atoms with van der Waals surface area (Å²) in [6, 6.07) is 2.27. The number of hydrogen-bond acceptors (Lipinski definition) is 2. The maximum Gasteiger partial charge on any atom is 0.223 e. The number of aliphatic imine (C=N–C) groups is 2. The summed E-state index contributed by atoms with van der Waals surface area (Å²) in [7, 11) is 0. The molecular weight excluding hydrogens is 213 g/mol. The van der Waals surface area contributed by atoms with Crippen molar-refractivity contribution in [2.24, 2.45) is 27.2 Å². The summed E-state index contributed by atoms with van der Waals surface area (Å²) in [4.78, 5) is 7.31. The molecule has 0 aliphatic rings. The third kappa shape index (κ3) is 2.84. The number of hydrogen-bond donors (Lipinski definition) is 4. The zero-order valence-electron chi connectivity index (χ0n) is 8.61. The van der Waals surface area contributed by atoms with Gasteiger partial charge in [-0.1, -0.05) is 0 Å². The average Bonchev–Trinajstić information content (AvgIpc) is 2.12. The molecule has 0 aromatic heterocycles. The number of nitrogens with zero attached hydrogens (tertiary/aromatic N) is 2. The van der Waals surface area contributed by atoms with Gasteiger partial charge in [0.25, 0.3) is 0 Å².